The van der Waals surface area contributed by atoms with Crippen LogP contribution in [0.1, 0.15) is 51.9 Å². The Kier molecular flexibility index (Phi) is 9.13. The van der Waals surface area contributed by atoms with Crippen molar-refractivity contribution in [1.82, 2.24) is 0 Å². The lowest BCUT2D eigenvalue weighted by molar-refractivity contribution is -0.111. The fourth-order valence-corrected chi connectivity index (χ4v) is 1.50. The Bertz CT molecular complexity index is 112. The van der Waals surface area contributed by atoms with Gasteiger partial charge in [-0.1, -0.05) is 50.8 Å². The van der Waals surface area contributed by atoms with Crippen molar-refractivity contribution >= 4 is 16.9 Å². The van der Waals surface area contributed by atoms with E-state index in [1.54, 1.807) is 0 Å². The molecule has 0 fully saturated rings. The Balaban J connectivity index is 2.95. The van der Waals surface area contributed by atoms with Gasteiger partial charge in [-0.2, -0.15) is 0 Å². The zero-order chi connectivity index (χ0) is 9.23. The Morgan fingerprint density at radius 1 is 1.08 bits per heavy atom. The van der Waals surface area contributed by atoms with Gasteiger partial charge >= 0.3 is 0 Å². The third-order valence-electron chi connectivity index (χ3n) is 1.96. The Labute approximate surface area is 80.3 Å². The third kappa shape index (κ3) is 8.12. The smallest absolute Gasteiger partial charge is 0.188 e. The van der Waals surface area contributed by atoms with Gasteiger partial charge in [0, 0.05) is 6.42 Å². The van der Waals surface area contributed by atoms with Crippen molar-refractivity contribution in [3.8, 4) is 0 Å². The van der Waals surface area contributed by atoms with E-state index in [4.69, 9.17) is 0 Å². The minimum absolute atomic E-state index is 0.338. The van der Waals surface area contributed by atoms with Crippen molar-refractivity contribution in [3.05, 3.63) is 0 Å². The van der Waals surface area contributed by atoms with Gasteiger partial charge in [0.1, 0.15) is 0 Å². The molecule has 0 aliphatic rings. The number of rotatable bonds is 7. The molecule has 0 aromatic heterocycles. The number of thioether (sulfide) groups is 1. The van der Waals surface area contributed by atoms with E-state index >= 15 is 0 Å². The average molecular weight is 188 g/mol. The van der Waals surface area contributed by atoms with Crippen molar-refractivity contribution in [2.75, 3.05) is 6.26 Å². The molecule has 12 heavy (non-hydrogen) atoms. The summed E-state index contributed by atoms with van der Waals surface area (Å²) in [7, 11) is 0. The molecule has 0 bridgehead atoms. The van der Waals surface area contributed by atoms with E-state index in [0.29, 0.717) is 5.12 Å². The maximum atomic E-state index is 10.9. The summed E-state index contributed by atoms with van der Waals surface area (Å²) in [6.45, 7) is 2.22. The number of hydrogen-bond donors (Lipinski definition) is 0. The van der Waals surface area contributed by atoms with Gasteiger partial charge in [-0.05, 0) is 12.7 Å². The number of carbonyl (C=O) groups excluding carboxylic acids is 1. The van der Waals surface area contributed by atoms with Gasteiger partial charge in [0.25, 0.3) is 0 Å². The summed E-state index contributed by atoms with van der Waals surface area (Å²) in [5, 5.41) is 0.338. The lowest BCUT2D eigenvalue weighted by Crippen LogP contribution is -1.89. The topological polar surface area (TPSA) is 17.1 Å². The second kappa shape index (κ2) is 9.11. The maximum Gasteiger partial charge on any atom is 0.188 e. The van der Waals surface area contributed by atoms with Gasteiger partial charge in [-0.3, -0.25) is 4.79 Å². The molecule has 1 nitrogen and oxygen atoms in total. The van der Waals surface area contributed by atoms with Gasteiger partial charge < -0.3 is 0 Å². The van der Waals surface area contributed by atoms with Gasteiger partial charge in [0.15, 0.2) is 5.12 Å². The minimum Gasteiger partial charge on any atom is -0.287 e. The number of unbranched alkanes of at least 4 members (excludes halogenated alkanes) is 5. The Morgan fingerprint density at radius 2 is 1.67 bits per heavy atom. The molecule has 0 saturated carbocycles. The zero-order valence-electron chi connectivity index (χ0n) is 8.27. The third-order valence-corrected chi connectivity index (χ3v) is 2.62. The standard InChI is InChI=1S/C10H20OS/c1-3-4-5-6-7-8-9-10(11)12-2/h3-9H2,1-2H3. The molecule has 0 aromatic rings. The predicted octanol–water partition coefficient (Wildman–Crippen LogP) is 3.63. The van der Waals surface area contributed by atoms with E-state index in [0.717, 1.165) is 12.8 Å². The van der Waals surface area contributed by atoms with Crippen molar-refractivity contribution in [2.45, 2.75) is 51.9 Å². The van der Waals surface area contributed by atoms with Gasteiger partial charge in [0.05, 0.1) is 0 Å². The first-order valence-electron chi connectivity index (χ1n) is 4.88. The summed E-state index contributed by atoms with van der Waals surface area (Å²) in [5.41, 5.74) is 0. The lowest BCUT2D eigenvalue weighted by Gasteiger charge is -1.98. The number of hydrogen-bond acceptors (Lipinski definition) is 2. The Hall–Kier alpha value is 0.0200. The molecule has 0 heterocycles. The van der Waals surface area contributed by atoms with Crippen LogP contribution < -0.4 is 0 Å². The molecule has 0 saturated heterocycles. The molecule has 0 aliphatic carbocycles. The molecule has 0 radical (unpaired) electrons. The van der Waals surface area contributed by atoms with Crippen LogP contribution in [0.15, 0.2) is 0 Å². The summed E-state index contributed by atoms with van der Waals surface area (Å²) < 4.78 is 0. The van der Waals surface area contributed by atoms with E-state index in [9.17, 15) is 4.79 Å². The van der Waals surface area contributed by atoms with Crippen molar-refractivity contribution in [1.29, 1.82) is 0 Å². The van der Waals surface area contributed by atoms with Gasteiger partial charge in [-0.15, -0.1) is 0 Å². The molecule has 0 N–H and O–H groups in total. The average Bonchev–Trinajstić information content (AvgIpc) is 2.10. The van der Waals surface area contributed by atoms with E-state index in [-0.39, 0.29) is 0 Å². The summed E-state index contributed by atoms with van der Waals surface area (Å²) in [6, 6.07) is 0. The molecule has 0 rings (SSSR count). The van der Waals surface area contributed by atoms with E-state index < -0.39 is 0 Å². The van der Waals surface area contributed by atoms with E-state index in [2.05, 4.69) is 6.92 Å². The normalized spacial score (nSPS) is 10.2. The largest absolute Gasteiger partial charge is 0.287 e. The molecule has 72 valence electrons. The fraction of sp³-hybridized carbons (Fsp3) is 0.900. The van der Waals surface area contributed by atoms with E-state index in [1.807, 2.05) is 6.26 Å². The monoisotopic (exact) mass is 188 g/mol. The van der Waals surface area contributed by atoms with Crippen LogP contribution in [0.2, 0.25) is 0 Å². The molecule has 0 amide bonds. The van der Waals surface area contributed by atoms with Crippen molar-refractivity contribution in [3.63, 3.8) is 0 Å². The van der Waals surface area contributed by atoms with Crippen LogP contribution in [0.25, 0.3) is 0 Å². The minimum atomic E-state index is 0.338. The number of carbonyl (C=O) groups is 1. The first-order valence-corrected chi connectivity index (χ1v) is 6.10. The van der Waals surface area contributed by atoms with Crippen LogP contribution in [-0.2, 0) is 4.79 Å². The highest BCUT2D eigenvalue weighted by Gasteiger charge is 1.97. The first kappa shape index (κ1) is 12.0. The second-order valence-corrected chi connectivity index (χ2v) is 3.96. The zero-order valence-corrected chi connectivity index (χ0v) is 9.08. The van der Waals surface area contributed by atoms with Crippen LogP contribution in [-0.4, -0.2) is 11.4 Å². The molecular formula is C10H20OS. The molecule has 0 aliphatic heterocycles. The summed E-state index contributed by atoms with van der Waals surface area (Å²) in [5.74, 6) is 0. The van der Waals surface area contributed by atoms with Crippen LogP contribution in [0, 0.1) is 0 Å². The van der Waals surface area contributed by atoms with Crippen LogP contribution in [0.5, 0.6) is 0 Å². The molecule has 0 unspecified atom stereocenters. The van der Waals surface area contributed by atoms with Gasteiger partial charge in [0.2, 0.25) is 0 Å². The highest BCUT2D eigenvalue weighted by molar-refractivity contribution is 8.13. The quantitative estimate of drug-likeness (QED) is 0.567. The highest BCUT2D eigenvalue weighted by atomic mass is 32.2. The van der Waals surface area contributed by atoms with Crippen molar-refractivity contribution in [2.24, 2.45) is 0 Å². The van der Waals surface area contributed by atoms with Crippen LogP contribution in [0.4, 0.5) is 0 Å². The summed E-state index contributed by atoms with van der Waals surface area (Å²) in [6.07, 6.45) is 10.2. The molecular weight excluding hydrogens is 168 g/mol. The molecule has 0 atom stereocenters. The lowest BCUT2D eigenvalue weighted by atomic mass is 10.1. The van der Waals surface area contributed by atoms with Crippen molar-refractivity contribution < 1.29 is 4.79 Å². The predicted molar refractivity (Wildman–Crippen MR) is 56.5 cm³/mol. The Morgan fingerprint density at radius 3 is 2.25 bits per heavy atom. The second-order valence-electron chi connectivity index (χ2n) is 3.09. The van der Waals surface area contributed by atoms with E-state index in [1.165, 1.54) is 43.9 Å². The van der Waals surface area contributed by atoms with Crippen LogP contribution in [0.3, 0.4) is 0 Å². The molecule has 0 spiro atoms. The maximum absolute atomic E-state index is 10.9. The molecule has 2 heteroatoms. The highest BCUT2D eigenvalue weighted by Crippen LogP contribution is 2.09. The van der Waals surface area contributed by atoms with Gasteiger partial charge in [-0.25, -0.2) is 0 Å². The molecule has 0 aromatic carbocycles. The summed E-state index contributed by atoms with van der Waals surface area (Å²) in [4.78, 5) is 10.9. The SMILES string of the molecule is CCCCCCCCC(=O)SC. The first-order chi connectivity index (χ1) is 5.81. The summed E-state index contributed by atoms with van der Waals surface area (Å²) >= 11 is 1.35. The fourth-order valence-electron chi connectivity index (χ4n) is 1.15. The van der Waals surface area contributed by atoms with Crippen LogP contribution >= 0.6 is 11.8 Å².